The molecule has 0 heterocycles. The Balaban J connectivity index is 2.03. The van der Waals surface area contributed by atoms with Crippen molar-refractivity contribution in [3.63, 3.8) is 0 Å². The lowest BCUT2D eigenvalue weighted by molar-refractivity contribution is -0.131. The van der Waals surface area contributed by atoms with Crippen LogP contribution in [0.5, 0.6) is 0 Å². The van der Waals surface area contributed by atoms with Gasteiger partial charge in [-0.05, 0) is 31.3 Å². The summed E-state index contributed by atoms with van der Waals surface area (Å²) >= 11 is 0. The van der Waals surface area contributed by atoms with Crippen LogP contribution in [-0.4, -0.2) is 10.9 Å². The molecule has 0 bridgehead atoms. The number of hydrogen-bond donors (Lipinski definition) is 1. The minimum Gasteiger partial charge on any atom is -0.273 e. The molecule has 0 aromatic carbocycles. The number of amides is 1. The molecule has 0 aromatic heterocycles. The van der Waals surface area contributed by atoms with Crippen molar-refractivity contribution in [2.45, 2.75) is 26.2 Å². The second-order valence-electron chi connectivity index (χ2n) is 4.21. The predicted octanol–water partition coefficient (Wildman–Crippen LogP) is 1.58. The van der Waals surface area contributed by atoms with E-state index in [0.717, 1.165) is 25.0 Å². The van der Waals surface area contributed by atoms with Gasteiger partial charge in [-0.15, -0.1) is 0 Å². The number of carbonyl (C=O) groups excluding carboxylic acids is 1. The van der Waals surface area contributed by atoms with Crippen molar-refractivity contribution in [1.29, 1.82) is 0 Å². The molecule has 0 aromatic rings. The van der Waals surface area contributed by atoms with Crippen LogP contribution in [0.15, 0.2) is 23.9 Å². The highest BCUT2D eigenvalue weighted by Gasteiger charge is 2.33. The van der Waals surface area contributed by atoms with Crippen LogP contribution < -0.4 is 5.84 Å². The van der Waals surface area contributed by atoms with Crippen LogP contribution >= 0.6 is 0 Å². The molecule has 3 heteroatoms. The fraction of sp³-hybridized carbons (Fsp3) is 0.545. The van der Waals surface area contributed by atoms with E-state index in [0.29, 0.717) is 5.92 Å². The van der Waals surface area contributed by atoms with E-state index in [1.807, 2.05) is 12.2 Å². The molecule has 0 unspecified atom stereocenters. The first kappa shape index (κ1) is 9.46. The van der Waals surface area contributed by atoms with Crippen LogP contribution in [0.25, 0.3) is 0 Å². The molecule has 0 radical (unpaired) electrons. The minimum absolute atomic E-state index is 0.0822. The zero-order chi connectivity index (χ0) is 10.1. The fourth-order valence-electron chi connectivity index (χ4n) is 1.67. The largest absolute Gasteiger partial charge is 0.273 e. The third-order valence-corrected chi connectivity index (χ3v) is 2.73. The molecule has 1 saturated carbocycles. The number of carbonyl (C=O) groups is 1. The first-order valence-corrected chi connectivity index (χ1v) is 5.14. The molecular formula is C11H16N2O. The molecule has 2 rings (SSSR count). The van der Waals surface area contributed by atoms with E-state index in [1.165, 1.54) is 5.01 Å². The van der Waals surface area contributed by atoms with Gasteiger partial charge in [-0.3, -0.25) is 9.80 Å². The van der Waals surface area contributed by atoms with Gasteiger partial charge in [-0.25, -0.2) is 5.84 Å². The van der Waals surface area contributed by atoms with Crippen LogP contribution in [0, 0.1) is 11.8 Å². The summed E-state index contributed by atoms with van der Waals surface area (Å²) in [5.74, 6) is 6.53. The molecule has 2 aliphatic carbocycles. The van der Waals surface area contributed by atoms with Crippen molar-refractivity contribution in [2.75, 3.05) is 0 Å². The lowest BCUT2D eigenvalue weighted by Gasteiger charge is -2.23. The van der Waals surface area contributed by atoms with Crippen LogP contribution in [0.4, 0.5) is 0 Å². The molecule has 0 spiro atoms. The maximum absolute atomic E-state index is 11.6. The van der Waals surface area contributed by atoms with Crippen molar-refractivity contribution >= 4 is 5.91 Å². The molecule has 14 heavy (non-hydrogen) atoms. The van der Waals surface area contributed by atoms with Crippen LogP contribution in [-0.2, 0) is 4.79 Å². The van der Waals surface area contributed by atoms with Crippen molar-refractivity contribution in [2.24, 2.45) is 17.7 Å². The summed E-state index contributed by atoms with van der Waals surface area (Å²) in [7, 11) is 0. The van der Waals surface area contributed by atoms with Gasteiger partial charge in [-0.1, -0.05) is 19.1 Å². The summed E-state index contributed by atoms with van der Waals surface area (Å²) < 4.78 is 0. The van der Waals surface area contributed by atoms with Crippen LogP contribution in [0.3, 0.4) is 0 Å². The van der Waals surface area contributed by atoms with E-state index in [4.69, 9.17) is 5.84 Å². The number of allylic oxidation sites excluding steroid dienone is 4. The van der Waals surface area contributed by atoms with Crippen molar-refractivity contribution in [3.8, 4) is 0 Å². The Labute approximate surface area is 84.2 Å². The smallest absolute Gasteiger partial charge is 0.243 e. The monoisotopic (exact) mass is 192 g/mol. The normalized spacial score (nSPS) is 25.9. The summed E-state index contributed by atoms with van der Waals surface area (Å²) in [6.07, 6.45) is 8.91. The zero-order valence-corrected chi connectivity index (χ0v) is 8.44. The number of nitrogens with two attached hydrogens (primary N) is 1. The molecule has 0 saturated heterocycles. The Morgan fingerprint density at radius 1 is 1.57 bits per heavy atom. The topological polar surface area (TPSA) is 46.3 Å². The van der Waals surface area contributed by atoms with E-state index in [2.05, 4.69) is 13.0 Å². The molecule has 1 fully saturated rings. The van der Waals surface area contributed by atoms with Gasteiger partial charge in [0.25, 0.3) is 0 Å². The third-order valence-electron chi connectivity index (χ3n) is 2.73. The van der Waals surface area contributed by atoms with Gasteiger partial charge < -0.3 is 0 Å². The molecule has 1 amide bonds. The summed E-state index contributed by atoms with van der Waals surface area (Å²) in [4.78, 5) is 11.6. The quantitative estimate of drug-likeness (QED) is 0.410. The Morgan fingerprint density at radius 2 is 2.29 bits per heavy atom. The average molecular weight is 192 g/mol. The van der Waals surface area contributed by atoms with Crippen LogP contribution in [0.2, 0.25) is 0 Å². The summed E-state index contributed by atoms with van der Waals surface area (Å²) in [6.45, 7) is 2.12. The van der Waals surface area contributed by atoms with E-state index in [-0.39, 0.29) is 11.8 Å². The molecule has 2 N–H and O–H groups in total. The molecule has 0 aliphatic heterocycles. The summed E-state index contributed by atoms with van der Waals surface area (Å²) in [6, 6.07) is 0. The lowest BCUT2D eigenvalue weighted by atomic mass is 10.00. The highest BCUT2D eigenvalue weighted by atomic mass is 16.2. The molecule has 76 valence electrons. The Bertz CT molecular complexity index is 302. The van der Waals surface area contributed by atoms with Gasteiger partial charge >= 0.3 is 0 Å². The number of hydrazine groups is 1. The Kier molecular flexibility index (Phi) is 2.42. The van der Waals surface area contributed by atoms with E-state index in [1.54, 1.807) is 0 Å². The summed E-state index contributed by atoms with van der Waals surface area (Å²) in [5.41, 5.74) is 0.942. The van der Waals surface area contributed by atoms with Gasteiger partial charge in [0.2, 0.25) is 5.91 Å². The van der Waals surface area contributed by atoms with Gasteiger partial charge in [0.15, 0.2) is 0 Å². The number of nitrogens with zero attached hydrogens (tertiary/aromatic N) is 1. The summed E-state index contributed by atoms with van der Waals surface area (Å²) in [5, 5.41) is 1.34. The zero-order valence-electron chi connectivity index (χ0n) is 8.44. The van der Waals surface area contributed by atoms with Crippen molar-refractivity contribution in [1.82, 2.24) is 5.01 Å². The van der Waals surface area contributed by atoms with Gasteiger partial charge in [-0.2, -0.15) is 0 Å². The van der Waals surface area contributed by atoms with Gasteiger partial charge in [0.1, 0.15) is 0 Å². The fourth-order valence-corrected chi connectivity index (χ4v) is 1.67. The first-order valence-electron chi connectivity index (χ1n) is 5.14. The highest BCUT2D eigenvalue weighted by Crippen LogP contribution is 2.32. The maximum Gasteiger partial charge on any atom is 0.243 e. The van der Waals surface area contributed by atoms with E-state index in [9.17, 15) is 4.79 Å². The standard InChI is InChI=1S/C11H16N2O/c1-8-3-2-4-10(7-8)13(12)11(14)9-5-6-9/h2-4,8-9H,5-7,12H2,1H3/t8-/m0/s1. The van der Waals surface area contributed by atoms with E-state index < -0.39 is 0 Å². The lowest BCUT2D eigenvalue weighted by Crippen LogP contribution is -2.38. The predicted molar refractivity (Wildman–Crippen MR) is 54.8 cm³/mol. The van der Waals surface area contributed by atoms with Crippen molar-refractivity contribution < 1.29 is 4.79 Å². The second-order valence-corrected chi connectivity index (χ2v) is 4.21. The van der Waals surface area contributed by atoms with Gasteiger partial charge in [0.05, 0.1) is 0 Å². The number of rotatable bonds is 2. The maximum atomic E-state index is 11.6. The minimum atomic E-state index is 0.0822. The second kappa shape index (κ2) is 3.58. The third kappa shape index (κ3) is 1.87. The first-order chi connectivity index (χ1) is 6.68. The Morgan fingerprint density at radius 3 is 2.86 bits per heavy atom. The SMILES string of the molecule is C[C@H]1C=CC=C(N(N)C(=O)C2CC2)C1. The Hall–Kier alpha value is -1.09. The highest BCUT2D eigenvalue weighted by molar-refractivity contribution is 5.82. The molecule has 2 aliphatic rings. The van der Waals surface area contributed by atoms with E-state index >= 15 is 0 Å². The van der Waals surface area contributed by atoms with Crippen LogP contribution in [0.1, 0.15) is 26.2 Å². The molecule has 1 atom stereocenters. The average Bonchev–Trinajstić information content (AvgIpc) is 2.99. The van der Waals surface area contributed by atoms with Crippen molar-refractivity contribution in [3.05, 3.63) is 23.9 Å². The molecular weight excluding hydrogens is 176 g/mol. The number of hydrogen-bond acceptors (Lipinski definition) is 2. The van der Waals surface area contributed by atoms with Gasteiger partial charge in [0, 0.05) is 11.6 Å². The molecule has 3 nitrogen and oxygen atoms in total.